The summed E-state index contributed by atoms with van der Waals surface area (Å²) in [6.45, 7) is 1.83. The molecular formula is C16H14N4O3. The maximum absolute atomic E-state index is 11.7. The number of allylic oxidation sites excluding steroid dienone is 1. The smallest absolute Gasteiger partial charge is 0.267 e. The molecule has 0 radical (unpaired) electrons. The van der Waals surface area contributed by atoms with E-state index in [4.69, 9.17) is 0 Å². The van der Waals surface area contributed by atoms with Crippen molar-refractivity contribution in [2.75, 3.05) is 0 Å². The maximum atomic E-state index is 11.7. The second kappa shape index (κ2) is 7.60. The zero-order valence-electron chi connectivity index (χ0n) is 12.3. The van der Waals surface area contributed by atoms with Crippen LogP contribution in [0, 0.1) is 17.0 Å². The van der Waals surface area contributed by atoms with Gasteiger partial charge in [-0.3, -0.25) is 19.9 Å². The lowest BCUT2D eigenvalue weighted by Crippen LogP contribution is -2.17. The predicted molar refractivity (Wildman–Crippen MR) is 87.1 cm³/mol. The van der Waals surface area contributed by atoms with Crippen LogP contribution in [0.25, 0.3) is 6.08 Å². The Labute approximate surface area is 132 Å². The van der Waals surface area contributed by atoms with Crippen LogP contribution in [0.1, 0.15) is 21.6 Å². The number of carbonyl (C=O) groups is 1. The second-order valence-corrected chi connectivity index (χ2v) is 4.62. The van der Waals surface area contributed by atoms with Crippen molar-refractivity contribution in [3.8, 4) is 0 Å². The Kier molecular flexibility index (Phi) is 5.30. The highest BCUT2D eigenvalue weighted by Gasteiger charge is 2.04. The summed E-state index contributed by atoms with van der Waals surface area (Å²) in [5, 5.41) is 14.4. The average Bonchev–Trinajstić information content (AvgIpc) is 2.55. The van der Waals surface area contributed by atoms with Crippen LogP contribution in [-0.2, 0) is 0 Å². The predicted octanol–water partition coefficient (Wildman–Crippen LogP) is 2.73. The van der Waals surface area contributed by atoms with Gasteiger partial charge >= 0.3 is 0 Å². The summed E-state index contributed by atoms with van der Waals surface area (Å²) in [7, 11) is 0. The fourth-order valence-corrected chi connectivity index (χ4v) is 1.70. The first-order valence-electron chi connectivity index (χ1n) is 6.73. The molecule has 1 aromatic carbocycles. The fraction of sp³-hybridized carbons (Fsp3) is 0.0625. The molecule has 0 atom stereocenters. The fourth-order valence-electron chi connectivity index (χ4n) is 1.70. The third-order valence-corrected chi connectivity index (χ3v) is 2.87. The molecule has 7 nitrogen and oxygen atoms in total. The lowest BCUT2D eigenvalue weighted by atomic mass is 10.2. The van der Waals surface area contributed by atoms with Crippen molar-refractivity contribution in [1.29, 1.82) is 0 Å². The number of aromatic nitrogens is 1. The topological polar surface area (TPSA) is 97.5 Å². The van der Waals surface area contributed by atoms with Crippen molar-refractivity contribution in [3.05, 3.63) is 75.6 Å². The van der Waals surface area contributed by atoms with Gasteiger partial charge in [-0.2, -0.15) is 5.10 Å². The normalized spacial score (nSPS) is 11.0. The van der Waals surface area contributed by atoms with Crippen LogP contribution < -0.4 is 5.43 Å². The summed E-state index contributed by atoms with van der Waals surface area (Å²) >= 11 is 0. The molecule has 0 aliphatic rings. The van der Waals surface area contributed by atoms with Crippen molar-refractivity contribution in [1.82, 2.24) is 10.4 Å². The molecule has 0 unspecified atom stereocenters. The molecule has 7 heteroatoms. The Balaban J connectivity index is 1.91. The molecule has 0 spiro atoms. The van der Waals surface area contributed by atoms with Crippen molar-refractivity contribution < 1.29 is 9.72 Å². The van der Waals surface area contributed by atoms with Crippen LogP contribution in [-0.4, -0.2) is 22.0 Å². The number of nitrogens with zero attached hydrogens (tertiary/aromatic N) is 3. The highest BCUT2D eigenvalue weighted by molar-refractivity contribution is 5.94. The molecule has 23 heavy (non-hydrogen) atoms. The van der Waals surface area contributed by atoms with Gasteiger partial charge in [0.1, 0.15) is 0 Å². The van der Waals surface area contributed by atoms with Crippen LogP contribution in [0.3, 0.4) is 0 Å². The first-order valence-corrected chi connectivity index (χ1v) is 6.73. The molecule has 0 saturated heterocycles. The molecule has 0 bridgehead atoms. The highest BCUT2D eigenvalue weighted by Crippen LogP contribution is 2.13. The van der Waals surface area contributed by atoms with Crippen molar-refractivity contribution >= 4 is 23.9 Å². The van der Waals surface area contributed by atoms with E-state index < -0.39 is 4.92 Å². The number of non-ortho nitro benzene ring substituents is 1. The second-order valence-electron chi connectivity index (χ2n) is 4.62. The first kappa shape index (κ1) is 16.0. The minimum Gasteiger partial charge on any atom is -0.267 e. The van der Waals surface area contributed by atoms with Gasteiger partial charge in [-0.05, 0) is 30.7 Å². The Hall–Kier alpha value is -3.35. The number of nitro benzene ring substituents is 1. The minimum atomic E-state index is -0.457. The average molecular weight is 310 g/mol. The van der Waals surface area contributed by atoms with Gasteiger partial charge in [-0.25, -0.2) is 5.43 Å². The SMILES string of the molecule is Cc1ccc(C(=O)N/N=C\C=C\c2cccc([N+](=O)[O-])c2)cn1. The summed E-state index contributed by atoms with van der Waals surface area (Å²) in [6.07, 6.45) is 6.08. The number of aryl methyl sites for hydroxylation is 1. The van der Waals surface area contributed by atoms with Crippen molar-refractivity contribution in [3.63, 3.8) is 0 Å². The van der Waals surface area contributed by atoms with E-state index in [1.165, 1.54) is 24.5 Å². The third kappa shape index (κ3) is 4.85. The number of nitro groups is 1. The number of hydrogen-bond donors (Lipinski definition) is 1. The molecule has 2 aromatic rings. The molecule has 0 aliphatic carbocycles. The molecule has 2 rings (SSSR count). The quantitative estimate of drug-likeness (QED) is 0.521. The van der Waals surface area contributed by atoms with Gasteiger partial charge < -0.3 is 0 Å². The molecule has 116 valence electrons. The molecule has 0 saturated carbocycles. The molecule has 0 fully saturated rings. The van der Waals surface area contributed by atoms with Crippen LogP contribution in [0.4, 0.5) is 5.69 Å². The van der Waals surface area contributed by atoms with Gasteiger partial charge in [0.25, 0.3) is 11.6 Å². The maximum Gasteiger partial charge on any atom is 0.272 e. The number of pyridine rings is 1. The van der Waals surface area contributed by atoms with E-state index in [1.807, 2.05) is 6.92 Å². The lowest BCUT2D eigenvalue weighted by Gasteiger charge is -1.98. The summed E-state index contributed by atoms with van der Waals surface area (Å²) in [4.78, 5) is 26.0. The summed E-state index contributed by atoms with van der Waals surface area (Å²) in [5.41, 5.74) is 4.29. The van der Waals surface area contributed by atoms with Crippen molar-refractivity contribution in [2.45, 2.75) is 6.92 Å². The number of benzene rings is 1. The number of hydrogen-bond acceptors (Lipinski definition) is 5. The van der Waals surface area contributed by atoms with E-state index in [0.717, 1.165) is 5.69 Å². The summed E-state index contributed by atoms with van der Waals surface area (Å²) in [6, 6.07) is 9.59. The minimum absolute atomic E-state index is 0.0178. The van der Waals surface area contributed by atoms with Gasteiger partial charge in [0.05, 0.1) is 10.5 Å². The number of amides is 1. The monoisotopic (exact) mass is 310 g/mol. The molecule has 1 aromatic heterocycles. The molecule has 1 N–H and O–H groups in total. The van der Waals surface area contributed by atoms with Crippen LogP contribution in [0.15, 0.2) is 53.8 Å². The van der Waals surface area contributed by atoms with Gasteiger partial charge in [0, 0.05) is 30.2 Å². The lowest BCUT2D eigenvalue weighted by molar-refractivity contribution is -0.384. The molecule has 1 amide bonds. The first-order chi connectivity index (χ1) is 11.1. The highest BCUT2D eigenvalue weighted by atomic mass is 16.6. The Morgan fingerprint density at radius 2 is 2.17 bits per heavy atom. The van der Waals surface area contributed by atoms with E-state index in [0.29, 0.717) is 11.1 Å². The molecular weight excluding hydrogens is 296 g/mol. The number of carbonyl (C=O) groups excluding carboxylic acids is 1. The Bertz CT molecular complexity index is 767. The van der Waals surface area contributed by atoms with E-state index in [-0.39, 0.29) is 11.6 Å². The number of rotatable bonds is 5. The van der Waals surface area contributed by atoms with E-state index >= 15 is 0 Å². The standard InChI is InChI=1S/C16H14N4O3/c1-12-7-8-14(11-17-12)16(21)19-18-9-3-5-13-4-2-6-15(10-13)20(22)23/h2-11H,1H3,(H,19,21)/b5-3+,18-9-. The van der Waals surface area contributed by atoms with Gasteiger partial charge in [0.15, 0.2) is 0 Å². The largest absolute Gasteiger partial charge is 0.272 e. The zero-order chi connectivity index (χ0) is 16.7. The number of nitrogens with one attached hydrogen (secondary N) is 1. The molecule has 0 aliphatic heterocycles. The van der Waals surface area contributed by atoms with Gasteiger partial charge in [-0.1, -0.05) is 18.2 Å². The zero-order valence-corrected chi connectivity index (χ0v) is 12.3. The summed E-state index contributed by atoms with van der Waals surface area (Å²) < 4.78 is 0. The van der Waals surface area contributed by atoms with E-state index in [2.05, 4.69) is 15.5 Å². The van der Waals surface area contributed by atoms with Gasteiger partial charge in [0.2, 0.25) is 0 Å². The van der Waals surface area contributed by atoms with Crippen LogP contribution in [0.5, 0.6) is 0 Å². The van der Waals surface area contributed by atoms with Crippen molar-refractivity contribution in [2.24, 2.45) is 5.10 Å². The van der Waals surface area contributed by atoms with Gasteiger partial charge in [-0.15, -0.1) is 0 Å². The Morgan fingerprint density at radius 3 is 2.87 bits per heavy atom. The number of hydrazone groups is 1. The van der Waals surface area contributed by atoms with Crippen LogP contribution >= 0.6 is 0 Å². The van der Waals surface area contributed by atoms with E-state index in [1.54, 1.807) is 36.4 Å². The van der Waals surface area contributed by atoms with Crippen LogP contribution in [0.2, 0.25) is 0 Å². The van der Waals surface area contributed by atoms with E-state index in [9.17, 15) is 14.9 Å². The molecule has 1 heterocycles. The Morgan fingerprint density at radius 1 is 1.35 bits per heavy atom. The summed E-state index contributed by atoms with van der Waals surface area (Å²) in [5.74, 6) is -0.363. The third-order valence-electron chi connectivity index (χ3n) is 2.87.